The molecule has 0 N–H and O–H groups in total. The molecule has 0 fully saturated rings. The number of para-hydroxylation sites is 3. The number of phosphoric ester groups is 1. The summed E-state index contributed by atoms with van der Waals surface area (Å²) < 4.78 is 33.9. The Morgan fingerprint density at radius 3 is 0.973 bits per heavy atom. The second-order valence-electron chi connectivity index (χ2n) is 7.17. The zero-order chi connectivity index (χ0) is 25.4. The lowest BCUT2D eigenvalue weighted by Gasteiger charge is -2.19. The van der Waals surface area contributed by atoms with Gasteiger partial charge in [0.15, 0.2) is 0 Å². The molecule has 0 bridgehead atoms. The van der Waals surface area contributed by atoms with Crippen LogP contribution >= 0.6 is 106 Å². The van der Waals surface area contributed by atoms with Crippen LogP contribution in [0.3, 0.4) is 0 Å². The number of hydrogen-bond acceptors (Lipinski definition) is 4. The van der Waals surface area contributed by atoms with Crippen LogP contribution in [0.5, 0.6) is 17.2 Å². The van der Waals surface area contributed by atoms with Crippen LogP contribution in [0, 0.1) is 13.8 Å². The summed E-state index contributed by atoms with van der Waals surface area (Å²) >= 11 is 14.0. The highest BCUT2D eigenvalue weighted by molar-refractivity contribution is 9.15. The molecule has 0 saturated heterocycles. The molecular weight excluding hydrogens is 887 g/mol. The van der Waals surface area contributed by atoms with Crippen LogP contribution in [-0.4, -0.2) is 0 Å². The predicted octanol–water partition coefficient (Wildman–Crippen LogP) is 11.8. The molecule has 37 heavy (non-hydrogen) atoms. The highest BCUT2D eigenvalue weighted by Crippen LogP contribution is 2.49. The summed E-state index contributed by atoms with van der Waals surface area (Å²) in [7, 11) is -3.89. The van der Waals surface area contributed by atoms with Gasteiger partial charge in [-0.15, -0.1) is 34.0 Å². The van der Waals surface area contributed by atoms with Crippen molar-refractivity contribution in [3.05, 3.63) is 120 Å². The smallest absolute Gasteiger partial charge is 0.386 e. The average molecular weight is 910 g/mol. The molecule has 4 aromatic rings. The van der Waals surface area contributed by atoms with Crippen molar-refractivity contribution < 1.29 is 18.1 Å². The molecule has 0 atom stereocenters. The van der Waals surface area contributed by atoms with Crippen molar-refractivity contribution in [1.29, 1.82) is 0 Å². The van der Waals surface area contributed by atoms with E-state index < -0.39 is 7.82 Å². The Kier molecular flexibility index (Phi) is 15.3. The van der Waals surface area contributed by atoms with Crippen LogP contribution in [0.1, 0.15) is 11.1 Å². The van der Waals surface area contributed by atoms with Gasteiger partial charge in [0.2, 0.25) is 0 Å². The topological polar surface area (TPSA) is 44.8 Å². The third-order valence-corrected chi connectivity index (χ3v) is 11.1. The van der Waals surface area contributed by atoms with Crippen LogP contribution in [0.4, 0.5) is 0 Å². The number of hydrogen-bond donors (Lipinski definition) is 0. The summed E-state index contributed by atoms with van der Waals surface area (Å²) in [6.45, 7) is 4.17. The summed E-state index contributed by atoms with van der Waals surface area (Å²) in [6.07, 6.45) is 0. The molecule has 11 heteroatoms. The highest BCUT2D eigenvalue weighted by Gasteiger charge is 2.33. The predicted molar refractivity (Wildman–Crippen MR) is 176 cm³/mol. The SMILES string of the molecule is Br.Br.Cc1c(C)c(Br)c(Br)c(Br)c1Br.O=P(Oc1ccccc1)(Oc1ccccc1)Oc1ccccc1. The number of halogens is 6. The fourth-order valence-corrected chi connectivity index (χ4v) is 6.50. The Hall–Kier alpha value is -0.610. The van der Waals surface area contributed by atoms with Gasteiger partial charge in [0.25, 0.3) is 0 Å². The highest BCUT2D eigenvalue weighted by atomic mass is 79.9. The summed E-state index contributed by atoms with van der Waals surface area (Å²) in [6, 6.07) is 26.4. The van der Waals surface area contributed by atoms with Crippen molar-refractivity contribution in [2.45, 2.75) is 13.8 Å². The number of rotatable bonds is 6. The van der Waals surface area contributed by atoms with Crippen LogP contribution in [0.15, 0.2) is 109 Å². The van der Waals surface area contributed by atoms with E-state index in [2.05, 4.69) is 77.6 Å². The Morgan fingerprint density at radius 1 is 0.486 bits per heavy atom. The number of benzene rings is 4. The van der Waals surface area contributed by atoms with E-state index in [0.29, 0.717) is 17.2 Å². The molecule has 0 spiro atoms. The fraction of sp³-hybridized carbons (Fsp3) is 0.0769. The molecule has 4 nitrogen and oxygen atoms in total. The molecule has 0 aliphatic rings. The lowest BCUT2D eigenvalue weighted by Crippen LogP contribution is -2.07. The maximum atomic E-state index is 13.1. The van der Waals surface area contributed by atoms with Crippen LogP contribution in [0.2, 0.25) is 0 Å². The Morgan fingerprint density at radius 2 is 0.730 bits per heavy atom. The third kappa shape index (κ3) is 10.1. The molecule has 0 unspecified atom stereocenters. The van der Waals surface area contributed by atoms with Crippen molar-refractivity contribution in [1.82, 2.24) is 0 Å². The van der Waals surface area contributed by atoms with Crippen LogP contribution < -0.4 is 13.6 Å². The average Bonchev–Trinajstić information content (AvgIpc) is 2.87. The maximum absolute atomic E-state index is 13.1. The Bertz CT molecular complexity index is 1100. The van der Waals surface area contributed by atoms with Gasteiger partial charge < -0.3 is 13.6 Å². The largest absolute Gasteiger partial charge is 0.647 e. The van der Waals surface area contributed by atoms with E-state index in [9.17, 15) is 4.57 Å². The lowest BCUT2D eigenvalue weighted by molar-refractivity contribution is 0.298. The van der Waals surface area contributed by atoms with Gasteiger partial charge >= 0.3 is 7.82 Å². The summed E-state index contributed by atoms with van der Waals surface area (Å²) in [5.74, 6) is 1.22. The van der Waals surface area contributed by atoms with Crippen molar-refractivity contribution in [3.8, 4) is 17.2 Å². The van der Waals surface area contributed by atoms with Gasteiger partial charge in [-0.3, -0.25) is 0 Å². The lowest BCUT2D eigenvalue weighted by atomic mass is 10.1. The molecular formula is C26H23Br6O4P. The Labute approximate surface area is 272 Å². The van der Waals surface area contributed by atoms with Crippen molar-refractivity contribution >= 4 is 106 Å². The monoisotopic (exact) mass is 904 g/mol. The summed E-state index contributed by atoms with van der Waals surface area (Å²) in [5, 5.41) is 0. The normalized spacial score (nSPS) is 10.1. The molecule has 198 valence electrons. The second kappa shape index (κ2) is 16.5. The Balaban J connectivity index is 0.000000419. The van der Waals surface area contributed by atoms with Gasteiger partial charge in [0, 0.05) is 17.9 Å². The minimum atomic E-state index is -3.89. The van der Waals surface area contributed by atoms with E-state index >= 15 is 0 Å². The first-order chi connectivity index (χ1) is 16.7. The molecule has 0 radical (unpaired) electrons. The number of phosphoric acid groups is 1. The van der Waals surface area contributed by atoms with E-state index in [-0.39, 0.29) is 34.0 Å². The fourth-order valence-electron chi connectivity index (χ4n) is 2.74. The van der Waals surface area contributed by atoms with E-state index in [0.717, 1.165) is 17.9 Å². The first kappa shape index (κ1) is 34.4. The summed E-state index contributed by atoms with van der Waals surface area (Å²) in [5.41, 5.74) is 2.49. The van der Waals surface area contributed by atoms with Gasteiger partial charge in [-0.05, 0) is 125 Å². The minimum absolute atomic E-state index is 0. The van der Waals surface area contributed by atoms with E-state index in [4.69, 9.17) is 13.6 Å². The van der Waals surface area contributed by atoms with E-state index in [1.807, 2.05) is 18.2 Å². The second-order valence-corrected chi connectivity index (χ2v) is 11.8. The minimum Gasteiger partial charge on any atom is -0.386 e. The van der Waals surface area contributed by atoms with Crippen LogP contribution in [0.25, 0.3) is 0 Å². The molecule has 0 aliphatic carbocycles. The van der Waals surface area contributed by atoms with Crippen molar-refractivity contribution in [3.63, 3.8) is 0 Å². The van der Waals surface area contributed by atoms with Crippen LogP contribution in [-0.2, 0) is 4.57 Å². The third-order valence-electron chi connectivity index (χ3n) is 4.68. The van der Waals surface area contributed by atoms with Crippen molar-refractivity contribution in [2.75, 3.05) is 0 Å². The molecule has 4 aromatic carbocycles. The van der Waals surface area contributed by atoms with Gasteiger partial charge in [-0.2, -0.15) is 4.57 Å². The first-order valence-electron chi connectivity index (χ1n) is 10.3. The molecule has 4 rings (SSSR count). The van der Waals surface area contributed by atoms with Crippen molar-refractivity contribution in [2.24, 2.45) is 0 Å². The standard InChI is InChI=1S/C18H15O4P.C8H6Br4.2BrH/c19-23(20-16-10-4-1-5-11-16,21-17-12-6-2-7-13-17)22-18-14-8-3-9-15-18;1-3-4(2)6(10)8(12)7(11)5(3)9;;/h1-15H;1-2H3;2*1H. The zero-order valence-corrected chi connectivity index (χ0v) is 30.2. The molecule has 0 aromatic heterocycles. The maximum Gasteiger partial charge on any atom is 0.647 e. The molecule has 0 saturated carbocycles. The van der Waals surface area contributed by atoms with Gasteiger partial charge in [-0.25, -0.2) is 0 Å². The molecule has 0 aliphatic heterocycles. The quantitative estimate of drug-likeness (QED) is 0.110. The van der Waals surface area contributed by atoms with E-state index in [1.54, 1.807) is 72.8 Å². The molecule has 0 amide bonds. The van der Waals surface area contributed by atoms with Gasteiger partial charge in [0.05, 0.1) is 0 Å². The van der Waals surface area contributed by atoms with Gasteiger partial charge in [0.1, 0.15) is 17.2 Å². The van der Waals surface area contributed by atoms with E-state index in [1.165, 1.54) is 11.1 Å². The summed E-state index contributed by atoms with van der Waals surface area (Å²) in [4.78, 5) is 0. The van der Waals surface area contributed by atoms with Gasteiger partial charge in [-0.1, -0.05) is 54.6 Å². The molecule has 0 heterocycles. The first-order valence-corrected chi connectivity index (χ1v) is 15.0. The zero-order valence-electron chi connectivity index (χ0n) is 19.6.